The van der Waals surface area contributed by atoms with Crippen molar-refractivity contribution in [1.82, 2.24) is 4.90 Å². The first-order chi connectivity index (χ1) is 13.4. The summed E-state index contributed by atoms with van der Waals surface area (Å²) in [6, 6.07) is 0.319. The second kappa shape index (κ2) is 6.07. The number of carbonyl (C=O) groups excluding carboxylic acids is 1. The van der Waals surface area contributed by atoms with Crippen LogP contribution in [0.2, 0.25) is 0 Å². The van der Waals surface area contributed by atoms with Gasteiger partial charge in [-0.1, -0.05) is 26.7 Å². The van der Waals surface area contributed by atoms with E-state index in [1.807, 2.05) is 6.08 Å². The molecule has 0 aromatic rings. The molecule has 5 rings (SSSR count). The number of methoxy groups -OCH3 is 1. The average Bonchev–Trinajstić information content (AvgIpc) is 3.27. The van der Waals surface area contributed by atoms with E-state index in [0.29, 0.717) is 23.1 Å². The molecule has 6 nitrogen and oxygen atoms in total. The van der Waals surface area contributed by atoms with E-state index >= 15 is 0 Å². The molecule has 8 atom stereocenters. The molecule has 28 heavy (non-hydrogen) atoms. The molecule has 6 heteroatoms. The Labute approximate surface area is 166 Å². The van der Waals surface area contributed by atoms with Crippen LogP contribution in [-0.2, 0) is 19.0 Å². The Morgan fingerprint density at radius 3 is 2.96 bits per heavy atom. The maximum Gasteiger partial charge on any atom is 0.343 e. The number of piperidine rings is 1. The van der Waals surface area contributed by atoms with Crippen LogP contribution in [-0.4, -0.2) is 53.1 Å². The summed E-state index contributed by atoms with van der Waals surface area (Å²) in [5.41, 5.74) is 0.527. The van der Waals surface area contributed by atoms with Gasteiger partial charge in [0.05, 0.1) is 24.3 Å². The Balaban J connectivity index is 1.48. The molecule has 0 aromatic heterocycles. The van der Waals surface area contributed by atoms with E-state index in [-0.39, 0.29) is 35.4 Å². The summed E-state index contributed by atoms with van der Waals surface area (Å²) in [5, 5.41) is 11.8. The molecule has 0 spiro atoms. The van der Waals surface area contributed by atoms with Crippen LogP contribution in [0, 0.1) is 17.8 Å². The number of aliphatic hydroxyl groups is 1. The Hall–Kier alpha value is -1.37. The standard InChI is InChI=1S/C22H31NO5/c1-5-6-8-21-16-7-9-23(21)14-11-17(21)28-22(16,25)18(14)12(2)10-15-19(26-4)13(3)20(24)27-15/h10,12,14,16-18,25H,5-9,11H2,1-4H3/b15-10+/t12-,14+,16+,17-,18-,21-,22-/m1/s1. The van der Waals surface area contributed by atoms with Crippen LogP contribution in [0.25, 0.3) is 0 Å². The fraction of sp³-hybridized carbons (Fsp3) is 0.773. The highest BCUT2D eigenvalue weighted by Crippen LogP contribution is 2.68. The molecule has 5 bridgehead atoms. The van der Waals surface area contributed by atoms with Crippen LogP contribution in [0.5, 0.6) is 0 Å². The van der Waals surface area contributed by atoms with Gasteiger partial charge in [-0.15, -0.1) is 0 Å². The highest BCUT2D eigenvalue weighted by molar-refractivity contribution is 5.93. The van der Waals surface area contributed by atoms with Gasteiger partial charge in [0.1, 0.15) is 0 Å². The van der Waals surface area contributed by atoms with Gasteiger partial charge in [0.25, 0.3) is 0 Å². The second-order valence-corrected chi connectivity index (χ2v) is 9.25. The van der Waals surface area contributed by atoms with Crippen molar-refractivity contribution >= 4 is 5.97 Å². The predicted octanol–water partition coefficient (Wildman–Crippen LogP) is 2.72. The van der Waals surface area contributed by atoms with E-state index in [1.165, 1.54) is 12.8 Å². The summed E-state index contributed by atoms with van der Waals surface area (Å²) in [7, 11) is 1.55. The van der Waals surface area contributed by atoms with E-state index in [1.54, 1.807) is 14.0 Å². The van der Waals surface area contributed by atoms with E-state index in [0.717, 1.165) is 25.8 Å². The zero-order valence-electron chi connectivity index (χ0n) is 17.2. The summed E-state index contributed by atoms with van der Waals surface area (Å²) < 4.78 is 17.2. The van der Waals surface area contributed by atoms with Crippen LogP contribution < -0.4 is 0 Å². The van der Waals surface area contributed by atoms with Crippen molar-refractivity contribution in [2.75, 3.05) is 13.7 Å². The summed E-state index contributed by atoms with van der Waals surface area (Å²) in [4.78, 5) is 14.6. The lowest BCUT2D eigenvalue weighted by Gasteiger charge is -2.51. The second-order valence-electron chi connectivity index (χ2n) is 9.25. The Kier molecular flexibility index (Phi) is 4.04. The molecule has 0 amide bonds. The lowest BCUT2D eigenvalue weighted by molar-refractivity contribution is -0.280. The number of esters is 1. The van der Waals surface area contributed by atoms with E-state index < -0.39 is 5.79 Å². The SMILES string of the molecule is CCCC[C@]12[C@@H]3CCN1[C@H]1C[C@H]2O[C@@]3(O)[C@@H]1[C@H](C)/C=C1/OC(=O)C(C)=C1OC. The molecule has 0 aromatic carbocycles. The summed E-state index contributed by atoms with van der Waals surface area (Å²) in [6.45, 7) is 7.09. The first-order valence-corrected chi connectivity index (χ1v) is 10.7. The smallest absolute Gasteiger partial charge is 0.343 e. The topological polar surface area (TPSA) is 68.2 Å². The van der Waals surface area contributed by atoms with Crippen molar-refractivity contribution in [2.24, 2.45) is 17.8 Å². The van der Waals surface area contributed by atoms with Crippen LogP contribution in [0.1, 0.15) is 52.9 Å². The van der Waals surface area contributed by atoms with Crippen molar-refractivity contribution in [1.29, 1.82) is 0 Å². The molecule has 0 aliphatic carbocycles. The summed E-state index contributed by atoms with van der Waals surface area (Å²) in [5.74, 6) is -0.329. The molecular weight excluding hydrogens is 358 g/mol. The molecule has 0 radical (unpaired) electrons. The number of hydrogen-bond acceptors (Lipinski definition) is 6. The van der Waals surface area contributed by atoms with Gasteiger partial charge in [-0.25, -0.2) is 4.79 Å². The third kappa shape index (κ3) is 2.06. The maximum atomic E-state index is 11.9. The Morgan fingerprint density at radius 1 is 1.46 bits per heavy atom. The number of ether oxygens (including phenoxy) is 3. The average molecular weight is 389 g/mol. The van der Waals surface area contributed by atoms with Crippen LogP contribution in [0.4, 0.5) is 0 Å². The van der Waals surface area contributed by atoms with Gasteiger partial charge in [0.2, 0.25) is 0 Å². The molecule has 0 saturated carbocycles. The highest BCUT2D eigenvalue weighted by Gasteiger charge is 2.80. The zero-order valence-corrected chi connectivity index (χ0v) is 17.2. The zero-order chi connectivity index (χ0) is 19.8. The van der Waals surface area contributed by atoms with Gasteiger partial charge in [0, 0.05) is 17.9 Å². The molecule has 154 valence electrons. The van der Waals surface area contributed by atoms with Crippen LogP contribution >= 0.6 is 0 Å². The minimum Gasteiger partial charge on any atom is -0.492 e. The minimum atomic E-state index is -1.08. The molecular formula is C22H31NO5. The van der Waals surface area contributed by atoms with Gasteiger partial charge < -0.3 is 19.3 Å². The summed E-state index contributed by atoms with van der Waals surface area (Å²) >= 11 is 0. The van der Waals surface area contributed by atoms with Gasteiger partial charge in [0.15, 0.2) is 17.3 Å². The van der Waals surface area contributed by atoms with Crippen LogP contribution in [0.15, 0.2) is 23.2 Å². The number of rotatable bonds is 6. The third-order valence-electron chi connectivity index (χ3n) is 8.12. The first kappa shape index (κ1) is 18.6. The quantitative estimate of drug-likeness (QED) is 0.705. The van der Waals surface area contributed by atoms with Gasteiger partial charge in [-0.05, 0) is 44.7 Å². The van der Waals surface area contributed by atoms with E-state index in [2.05, 4.69) is 18.7 Å². The molecule has 1 unspecified atom stereocenters. The molecule has 5 aliphatic rings. The van der Waals surface area contributed by atoms with Crippen molar-refractivity contribution in [3.8, 4) is 0 Å². The Bertz CT molecular complexity index is 775. The van der Waals surface area contributed by atoms with Crippen molar-refractivity contribution in [3.63, 3.8) is 0 Å². The summed E-state index contributed by atoms with van der Waals surface area (Å²) in [6.07, 6.45) is 7.56. The minimum absolute atomic E-state index is 0.000162. The van der Waals surface area contributed by atoms with E-state index in [9.17, 15) is 9.90 Å². The number of unbranched alkanes of at least 4 members (excludes halogenated alkanes) is 1. The number of nitrogens with zero attached hydrogens (tertiary/aromatic N) is 1. The molecule has 4 fully saturated rings. The highest BCUT2D eigenvalue weighted by atomic mass is 16.6. The molecule has 5 aliphatic heterocycles. The predicted molar refractivity (Wildman–Crippen MR) is 102 cm³/mol. The first-order valence-electron chi connectivity index (χ1n) is 10.7. The maximum absolute atomic E-state index is 11.9. The number of hydrogen-bond donors (Lipinski definition) is 1. The van der Waals surface area contributed by atoms with Crippen molar-refractivity contribution in [2.45, 2.75) is 76.3 Å². The largest absolute Gasteiger partial charge is 0.492 e. The molecule has 4 saturated heterocycles. The fourth-order valence-electron chi connectivity index (χ4n) is 7.19. The third-order valence-corrected chi connectivity index (χ3v) is 8.12. The van der Waals surface area contributed by atoms with E-state index in [4.69, 9.17) is 14.2 Å². The van der Waals surface area contributed by atoms with Gasteiger partial charge in [-0.3, -0.25) is 4.90 Å². The van der Waals surface area contributed by atoms with Gasteiger partial charge >= 0.3 is 5.97 Å². The fourth-order valence-corrected chi connectivity index (χ4v) is 7.19. The lowest BCUT2D eigenvalue weighted by Crippen LogP contribution is -2.63. The molecule has 5 heterocycles. The number of cyclic esters (lactones) is 1. The molecule has 1 N–H and O–H groups in total. The van der Waals surface area contributed by atoms with Gasteiger partial charge in [-0.2, -0.15) is 0 Å². The number of carbonyl (C=O) groups is 1. The van der Waals surface area contributed by atoms with Crippen molar-refractivity contribution < 1.29 is 24.1 Å². The lowest BCUT2D eigenvalue weighted by atomic mass is 9.68. The Morgan fingerprint density at radius 2 is 2.25 bits per heavy atom. The normalized spacial score (nSPS) is 48.1. The van der Waals surface area contributed by atoms with Crippen LogP contribution in [0.3, 0.4) is 0 Å². The monoisotopic (exact) mass is 389 g/mol. The van der Waals surface area contributed by atoms with Crippen molar-refractivity contribution in [3.05, 3.63) is 23.2 Å². The number of allylic oxidation sites excluding steroid dienone is 1.